The Morgan fingerprint density at radius 3 is 2.69 bits per heavy atom. The van der Waals surface area contributed by atoms with Gasteiger partial charge in [-0.2, -0.15) is 0 Å². The summed E-state index contributed by atoms with van der Waals surface area (Å²) in [6, 6.07) is 10.9. The van der Waals surface area contributed by atoms with Crippen molar-refractivity contribution in [2.75, 3.05) is 24.3 Å². The average Bonchev–Trinajstić information content (AvgIpc) is 2.68. The summed E-state index contributed by atoms with van der Waals surface area (Å²) in [6.07, 6.45) is 2.83. The van der Waals surface area contributed by atoms with Gasteiger partial charge in [0.15, 0.2) is 23.0 Å². The van der Waals surface area contributed by atoms with Crippen LogP contribution in [0.25, 0.3) is 11.3 Å². The molecule has 0 saturated heterocycles. The van der Waals surface area contributed by atoms with Crippen molar-refractivity contribution in [2.45, 2.75) is 0 Å². The SMILES string of the molecule is Nc1nccnc1C(=O)Nc1cccc(-c2ccc3c(c2)OCCO3)n1. The number of nitrogens with zero attached hydrogens (tertiary/aromatic N) is 3. The zero-order valence-electron chi connectivity index (χ0n) is 13.7. The molecule has 3 aromatic rings. The van der Waals surface area contributed by atoms with Crippen LogP contribution in [0.4, 0.5) is 11.6 Å². The van der Waals surface area contributed by atoms with E-state index in [2.05, 4.69) is 20.3 Å². The third-order valence-corrected chi connectivity index (χ3v) is 3.77. The van der Waals surface area contributed by atoms with E-state index < -0.39 is 5.91 Å². The van der Waals surface area contributed by atoms with Crippen LogP contribution in [0.15, 0.2) is 48.8 Å². The molecule has 0 bridgehead atoms. The number of carbonyl (C=O) groups is 1. The van der Waals surface area contributed by atoms with Gasteiger partial charge in [-0.25, -0.2) is 15.0 Å². The zero-order chi connectivity index (χ0) is 17.9. The number of hydrogen-bond acceptors (Lipinski definition) is 7. The van der Waals surface area contributed by atoms with Gasteiger partial charge in [0.1, 0.15) is 19.0 Å². The van der Waals surface area contributed by atoms with E-state index in [9.17, 15) is 4.79 Å². The molecule has 8 nitrogen and oxygen atoms in total. The molecular weight excluding hydrogens is 334 g/mol. The fraction of sp³-hybridized carbons (Fsp3) is 0.111. The van der Waals surface area contributed by atoms with Gasteiger partial charge in [-0.1, -0.05) is 6.07 Å². The quantitative estimate of drug-likeness (QED) is 0.745. The molecule has 1 aromatic carbocycles. The fourth-order valence-corrected chi connectivity index (χ4v) is 2.57. The molecule has 8 heteroatoms. The van der Waals surface area contributed by atoms with Gasteiger partial charge in [0.25, 0.3) is 5.91 Å². The minimum atomic E-state index is -0.470. The van der Waals surface area contributed by atoms with Crippen LogP contribution < -0.4 is 20.5 Å². The molecule has 1 amide bonds. The van der Waals surface area contributed by atoms with Crippen molar-refractivity contribution >= 4 is 17.5 Å². The molecule has 0 saturated carbocycles. The number of benzene rings is 1. The van der Waals surface area contributed by atoms with Crippen molar-refractivity contribution in [2.24, 2.45) is 0 Å². The second-order valence-corrected chi connectivity index (χ2v) is 5.51. The zero-order valence-corrected chi connectivity index (χ0v) is 13.7. The third kappa shape index (κ3) is 3.12. The molecule has 3 N–H and O–H groups in total. The van der Waals surface area contributed by atoms with Gasteiger partial charge < -0.3 is 20.5 Å². The average molecular weight is 349 g/mol. The highest BCUT2D eigenvalue weighted by Gasteiger charge is 2.15. The van der Waals surface area contributed by atoms with Crippen LogP contribution in [0.5, 0.6) is 11.5 Å². The molecule has 0 radical (unpaired) electrons. The molecule has 130 valence electrons. The summed E-state index contributed by atoms with van der Waals surface area (Å²) in [5, 5.41) is 2.68. The van der Waals surface area contributed by atoms with Crippen molar-refractivity contribution in [1.82, 2.24) is 15.0 Å². The van der Waals surface area contributed by atoms with Crippen LogP contribution in [-0.4, -0.2) is 34.1 Å². The largest absolute Gasteiger partial charge is 0.486 e. The Labute approximate surface area is 149 Å². The number of amides is 1. The Balaban J connectivity index is 1.59. The maximum atomic E-state index is 12.3. The van der Waals surface area contributed by atoms with Crippen LogP contribution in [0, 0.1) is 0 Å². The van der Waals surface area contributed by atoms with Crippen LogP contribution in [0.2, 0.25) is 0 Å². The number of rotatable bonds is 3. The first kappa shape index (κ1) is 15.8. The number of nitrogens with one attached hydrogen (secondary N) is 1. The number of anilines is 2. The number of pyridine rings is 1. The maximum absolute atomic E-state index is 12.3. The molecule has 0 fully saturated rings. The molecule has 0 spiro atoms. The van der Waals surface area contributed by atoms with Crippen molar-refractivity contribution in [3.8, 4) is 22.8 Å². The summed E-state index contributed by atoms with van der Waals surface area (Å²) in [7, 11) is 0. The summed E-state index contributed by atoms with van der Waals surface area (Å²) >= 11 is 0. The summed E-state index contributed by atoms with van der Waals surface area (Å²) in [5.41, 5.74) is 7.27. The number of fused-ring (bicyclic) bond motifs is 1. The van der Waals surface area contributed by atoms with E-state index in [-0.39, 0.29) is 11.5 Å². The maximum Gasteiger partial charge on any atom is 0.279 e. The molecule has 26 heavy (non-hydrogen) atoms. The van der Waals surface area contributed by atoms with Crippen LogP contribution in [-0.2, 0) is 0 Å². The van der Waals surface area contributed by atoms with Gasteiger partial charge in [-0.3, -0.25) is 4.79 Å². The molecule has 0 unspecified atom stereocenters. The Bertz CT molecular complexity index is 977. The molecule has 2 aromatic heterocycles. The van der Waals surface area contributed by atoms with Crippen LogP contribution >= 0.6 is 0 Å². The first-order valence-corrected chi connectivity index (χ1v) is 7.95. The molecule has 0 atom stereocenters. The molecular formula is C18H15N5O3. The van der Waals surface area contributed by atoms with E-state index in [0.29, 0.717) is 36.2 Å². The number of aromatic nitrogens is 3. The smallest absolute Gasteiger partial charge is 0.279 e. The van der Waals surface area contributed by atoms with E-state index >= 15 is 0 Å². The van der Waals surface area contributed by atoms with Crippen molar-refractivity contribution < 1.29 is 14.3 Å². The molecule has 1 aliphatic rings. The Kier molecular flexibility index (Phi) is 4.06. The number of ether oxygens (including phenoxy) is 2. The van der Waals surface area contributed by atoms with Gasteiger partial charge in [-0.15, -0.1) is 0 Å². The lowest BCUT2D eigenvalue weighted by Crippen LogP contribution is -2.17. The minimum absolute atomic E-state index is 0.0547. The first-order valence-electron chi connectivity index (χ1n) is 7.95. The van der Waals surface area contributed by atoms with E-state index in [1.165, 1.54) is 12.4 Å². The highest BCUT2D eigenvalue weighted by atomic mass is 16.6. The Morgan fingerprint density at radius 1 is 1.04 bits per heavy atom. The van der Waals surface area contributed by atoms with E-state index in [4.69, 9.17) is 15.2 Å². The van der Waals surface area contributed by atoms with E-state index in [0.717, 1.165) is 5.56 Å². The lowest BCUT2D eigenvalue weighted by Gasteiger charge is -2.18. The Morgan fingerprint density at radius 2 is 1.85 bits per heavy atom. The second kappa shape index (κ2) is 6.67. The van der Waals surface area contributed by atoms with Crippen LogP contribution in [0.3, 0.4) is 0 Å². The van der Waals surface area contributed by atoms with Gasteiger partial charge in [-0.05, 0) is 30.3 Å². The topological polar surface area (TPSA) is 112 Å². The van der Waals surface area contributed by atoms with Gasteiger partial charge in [0.2, 0.25) is 0 Å². The molecule has 3 heterocycles. The molecule has 1 aliphatic heterocycles. The lowest BCUT2D eigenvalue weighted by atomic mass is 10.1. The minimum Gasteiger partial charge on any atom is -0.486 e. The van der Waals surface area contributed by atoms with Gasteiger partial charge >= 0.3 is 0 Å². The lowest BCUT2D eigenvalue weighted by molar-refractivity contribution is 0.102. The fourth-order valence-electron chi connectivity index (χ4n) is 2.57. The summed E-state index contributed by atoms with van der Waals surface area (Å²) in [4.78, 5) is 24.6. The number of nitrogen functional groups attached to an aromatic ring is 1. The van der Waals surface area contributed by atoms with Crippen LogP contribution in [0.1, 0.15) is 10.5 Å². The van der Waals surface area contributed by atoms with Gasteiger partial charge in [0, 0.05) is 18.0 Å². The summed E-state index contributed by atoms with van der Waals surface area (Å²) < 4.78 is 11.1. The normalized spacial score (nSPS) is 12.5. The Hall–Kier alpha value is -3.68. The highest BCUT2D eigenvalue weighted by molar-refractivity contribution is 6.05. The van der Waals surface area contributed by atoms with Crippen molar-refractivity contribution in [3.05, 3.63) is 54.5 Å². The molecule has 4 rings (SSSR count). The van der Waals surface area contributed by atoms with Crippen molar-refractivity contribution in [3.63, 3.8) is 0 Å². The number of carbonyl (C=O) groups excluding carboxylic acids is 1. The predicted molar refractivity (Wildman–Crippen MR) is 95.1 cm³/mol. The number of nitrogens with two attached hydrogens (primary N) is 1. The second-order valence-electron chi connectivity index (χ2n) is 5.51. The van der Waals surface area contributed by atoms with Crippen molar-refractivity contribution in [1.29, 1.82) is 0 Å². The van der Waals surface area contributed by atoms with Gasteiger partial charge in [0.05, 0.1) is 5.69 Å². The monoisotopic (exact) mass is 349 g/mol. The first-order chi connectivity index (χ1) is 12.7. The third-order valence-electron chi connectivity index (χ3n) is 3.77. The number of hydrogen-bond donors (Lipinski definition) is 2. The summed E-state index contributed by atoms with van der Waals surface area (Å²) in [5.74, 6) is 1.36. The van der Waals surface area contributed by atoms with E-state index in [1.54, 1.807) is 12.1 Å². The summed E-state index contributed by atoms with van der Waals surface area (Å²) in [6.45, 7) is 1.05. The molecule has 0 aliphatic carbocycles. The van der Waals surface area contributed by atoms with E-state index in [1.807, 2.05) is 24.3 Å². The predicted octanol–water partition coefficient (Wildman–Crippen LogP) is 2.14. The highest BCUT2D eigenvalue weighted by Crippen LogP contribution is 2.34. The standard InChI is InChI=1S/C18H15N5O3/c19-17-16(20-6-7-21-17)18(24)23-15-3-1-2-12(22-15)11-4-5-13-14(10-11)26-9-8-25-13/h1-7,10H,8-9H2,(H2,19,21)(H,22,23,24).